The highest BCUT2D eigenvalue weighted by atomic mass is 16.5. The fourth-order valence-corrected chi connectivity index (χ4v) is 2.67. The molecule has 0 N–H and O–H groups in total. The molecule has 24 heavy (non-hydrogen) atoms. The van der Waals surface area contributed by atoms with Gasteiger partial charge in [0.2, 0.25) is 0 Å². The summed E-state index contributed by atoms with van der Waals surface area (Å²) in [4.78, 5) is 0. The minimum atomic E-state index is 0.539. The van der Waals surface area contributed by atoms with Gasteiger partial charge in [-0.25, -0.2) is 0 Å². The van der Waals surface area contributed by atoms with E-state index in [1.807, 2.05) is 42.5 Å². The fraction of sp³-hybridized carbons (Fsp3) is 0.0476. The van der Waals surface area contributed by atoms with Gasteiger partial charge in [0.25, 0.3) is 0 Å². The topological polar surface area (TPSA) is 35.3 Å². The zero-order valence-electron chi connectivity index (χ0n) is 13.1. The van der Waals surface area contributed by atoms with Crippen LogP contribution in [0.25, 0.3) is 22.0 Å². The van der Waals surface area contributed by atoms with E-state index in [1.165, 1.54) is 10.8 Å². The van der Waals surface area contributed by atoms with Crippen LogP contribution in [0, 0.1) is 6.92 Å². The van der Waals surface area contributed by atoms with Crippen LogP contribution < -0.4 is 4.74 Å². The van der Waals surface area contributed by atoms with Crippen molar-refractivity contribution in [1.29, 1.82) is 0 Å². The molecule has 0 aliphatic rings. The van der Waals surface area contributed by atoms with Gasteiger partial charge in [-0.15, -0.1) is 0 Å². The molecule has 3 aromatic carbocycles. The van der Waals surface area contributed by atoms with Gasteiger partial charge in [-0.05, 0) is 46.7 Å². The second-order valence-electron chi connectivity index (χ2n) is 5.67. The van der Waals surface area contributed by atoms with E-state index < -0.39 is 0 Å². The van der Waals surface area contributed by atoms with Crippen LogP contribution in [0.15, 0.2) is 77.3 Å². The van der Waals surface area contributed by atoms with Crippen molar-refractivity contribution in [3.8, 4) is 17.0 Å². The van der Waals surface area contributed by atoms with Gasteiger partial charge in [-0.2, -0.15) is 0 Å². The van der Waals surface area contributed by atoms with Crippen molar-refractivity contribution < 1.29 is 9.26 Å². The van der Waals surface area contributed by atoms with E-state index in [1.54, 1.807) is 0 Å². The van der Waals surface area contributed by atoms with Crippen molar-refractivity contribution >= 4 is 10.8 Å². The van der Waals surface area contributed by atoms with E-state index in [9.17, 15) is 0 Å². The molecule has 3 heteroatoms. The first-order valence-electron chi connectivity index (χ1n) is 7.77. The lowest BCUT2D eigenvalue weighted by atomic mass is 10.1. The minimum absolute atomic E-state index is 0.539. The summed E-state index contributed by atoms with van der Waals surface area (Å²) in [7, 11) is 0. The summed E-state index contributed by atoms with van der Waals surface area (Å²) in [5, 5.41) is 6.42. The zero-order chi connectivity index (χ0) is 16.4. The third-order valence-electron chi connectivity index (χ3n) is 3.93. The second-order valence-corrected chi connectivity index (χ2v) is 5.67. The highest BCUT2D eigenvalue weighted by Gasteiger charge is 2.04. The average Bonchev–Trinajstić information content (AvgIpc) is 3.07. The van der Waals surface area contributed by atoms with E-state index in [0.29, 0.717) is 12.4 Å². The van der Waals surface area contributed by atoms with Crippen molar-refractivity contribution in [2.24, 2.45) is 0 Å². The fourth-order valence-electron chi connectivity index (χ4n) is 2.67. The summed E-state index contributed by atoms with van der Waals surface area (Å²) >= 11 is 0. The Kier molecular flexibility index (Phi) is 3.75. The molecular formula is C21H16NO2. The molecular weight excluding hydrogens is 298 g/mol. The van der Waals surface area contributed by atoms with Crippen LogP contribution in [-0.2, 0) is 6.61 Å². The maximum absolute atomic E-state index is 5.88. The lowest BCUT2D eigenvalue weighted by Crippen LogP contribution is -1.95. The van der Waals surface area contributed by atoms with Crippen LogP contribution in [-0.4, -0.2) is 5.16 Å². The van der Waals surface area contributed by atoms with Gasteiger partial charge in [-0.3, -0.25) is 0 Å². The van der Waals surface area contributed by atoms with Crippen molar-refractivity contribution in [3.05, 3.63) is 91.0 Å². The first-order chi connectivity index (χ1) is 11.8. The normalized spacial score (nSPS) is 10.9. The number of ether oxygens (including phenoxy) is 1. The van der Waals surface area contributed by atoms with Crippen molar-refractivity contribution in [3.63, 3.8) is 0 Å². The molecule has 0 aliphatic heterocycles. The van der Waals surface area contributed by atoms with Gasteiger partial charge in [0.15, 0.2) is 0 Å². The Balaban J connectivity index is 1.46. The molecule has 117 valence electrons. The van der Waals surface area contributed by atoms with E-state index >= 15 is 0 Å². The van der Waals surface area contributed by atoms with Gasteiger partial charge in [-0.1, -0.05) is 41.6 Å². The van der Waals surface area contributed by atoms with Crippen LogP contribution in [0.2, 0.25) is 0 Å². The quantitative estimate of drug-likeness (QED) is 0.515. The SMILES string of the molecule is [CH2]c1cc(-c2ccc(OCc3ccc4ccccc4c3)cc2)no1. The summed E-state index contributed by atoms with van der Waals surface area (Å²) < 4.78 is 10.9. The van der Waals surface area contributed by atoms with Crippen LogP contribution in [0.5, 0.6) is 5.75 Å². The molecule has 0 amide bonds. The Morgan fingerprint density at radius 1 is 0.875 bits per heavy atom. The number of nitrogens with zero attached hydrogens (tertiary/aromatic N) is 1. The van der Waals surface area contributed by atoms with Crippen LogP contribution in [0.1, 0.15) is 11.3 Å². The Bertz CT molecular complexity index is 970. The van der Waals surface area contributed by atoms with Gasteiger partial charge in [0, 0.05) is 18.6 Å². The van der Waals surface area contributed by atoms with E-state index in [-0.39, 0.29) is 0 Å². The molecule has 0 unspecified atom stereocenters. The third kappa shape index (κ3) is 3.01. The lowest BCUT2D eigenvalue weighted by molar-refractivity contribution is 0.306. The maximum atomic E-state index is 5.88. The molecule has 0 aliphatic carbocycles. The molecule has 4 aromatic rings. The molecule has 0 saturated heterocycles. The van der Waals surface area contributed by atoms with Crippen LogP contribution >= 0.6 is 0 Å². The van der Waals surface area contributed by atoms with E-state index in [2.05, 4.69) is 42.4 Å². The predicted molar refractivity (Wildman–Crippen MR) is 94.7 cm³/mol. The van der Waals surface area contributed by atoms with E-state index in [4.69, 9.17) is 9.26 Å². The number of benzene rings is 3. The number of hydrogen-bond donors (Lipinski definition) is 0. The zero-order valence-corrected chi connectivity index (χ0v) is 13.1. The van der Waals surface area contributed by atoms with Crippen LogP contribution in [0.4, 0.5) is 0 Å². The molecule has 0 saturated carbocycles. The second kappa shape index (κ2) is 6.20. The highest BCUT2D eigenvalue weighted by molar-refractivity contribution is 5.82. The summed E-state index contributed by atoms with van der Waals surface area (Å²) in [6.07, 6.45) is 0. The Labute approximate surface area is 140 Å². The minimum Gasteiger partial charge on any atom is -0.489 e. The molecule has 0 spiro atoms. The van der Waals surface area contributed by atoms with Gasteiger partial charge in [0.05, 0.1) is 0 Å². The number of fused-ring (bicyclic) bond motifs is 1. The largest absolute Gasteiger partial charge is 0.489 e. The number of aromatic nitrogens is 1. The lowest BCUT2D eigenvalue weighted by Gasteiger charge is -2.08. The number of hydrogen-bond acceptors (Lipinski definition) is 3. The third-order valence-corrected chi connectivity index (χ3v) is 3.93. The van der Waals surface area contributed by atoms with Crippen LogP contribution in [0.3, 0.4) is 0 Å². The highest BCUT2D eigenvalue weighted by Crippen LogP contribution is 2.23. The maximum Gasteiger partial charge on any atom is 0.137 e. The summed E-state index contributed by atoms with van der Waals surface area (Å²) in [5.41, 5.74) is 2.91. The molecule has 0 fully saturated rings. The molecule has 1 aromatic heterocycles. The first-order valence-corrected chi connectivity index (χ1v) is 7.77. The van der Waals surface area contributed by atoms with Crippen molar-refractivity contribution in [2.45, 2.75) is 6.61 Å². The predicted octanol–water partition coefficient (Wildman–Crippen LogP) is 5.26. The Morgan fingerprint density at radius 3 is 2.42 bits per heavy atom. The molecule has 1 heterocycles. The molecule has 0 atom stereocenters. The Hall–Kier alpha value is -3.07. The standard InChI is InChI=1S/C21H16NO2/c1-15-12-21(22-24-15)18-8-10-20(11-9-18)23-14-16-6-7-17-4-2-3-5-19(17)13-16/h2-13H,1,14H2. The van der Waals surface area contributed by atoms with E-state index in [0.717, 1.165) is 22.6 Å². The average molecular weight is 314 g/mol. The smallest absolute Gasteiger partial charge is 0.137 e. The van der Waals surface area contributed by atoms with Crippen molar-refractivity contribution in [2.75, 3.05) is 0 Å². The summed E-state index contributed by atoms with van der Waals surface area (Å²) in [6.45, 7) is 4.25. The molecule has 1 radical (unpaired) electrons. The molecule has 0 bridgehead atoms. The first kappa shape index (κ1) is 14.5. The molecule has 3 nitrogen and oxygen atoms in total. The summed E-state index contributed by atoms with van der Waals surface area (Å²) in [5.74, 6) is 1.38. The van der Waals surface area contributed by atoms with Gasteiger partial charge in [0.1, 0.15) is 23.8 Å². The summed E-state index contributed by atoms with van der Waals surface area (Å²) in [6, 6.07) is 24.3. The van der Waals surface area contributed by atoms with Crippen molar-refractivity contribution in [1.82, 2.24) is 5.16 Å². The molecule has 4 rings (SSSR count). The number of rotatable bonds is 4. The van der Waals surface area contributed by atoms with Gasteiger partial charge < -0.3 is 9.26 Å². The van der Waals surface area contributed by atoms with Gasteiger partial charge >= 0.3 is 0 Å². The monoisotopic (exact) mass is 314 g/mol. The Morgan fingerprint density at radius 2 is 1.67 bits per heavy atom.